The first kappa shape index (κ1) is 23.2. The molecule has 0 fully saturated rings. The summed E-state index contributed by atoms with van der Waals surface area (Å²) < 4.78 is 26.6. The van der Waals surface area contributed by atoms with Crippen LogP contribution in [0.1, 0.15) is 96.0 Å². The molecule has 0 saturated heterocycles. The van der Waals surface area contributed by atoms with Gasteiger partial charge in [-0.15, -0.1) is 0 Å². The van der Waals surface area contributed by atoms with Gasteiger partial charge in [-0.25, -0.2) is 0 Å². The van der Waals surface area contributed by atoms with Crippen LogP contribution in [-0.4, -0.2) is 14.7 Å². The van der Waals surface area contributed by atoms with Crippen molar-refractivity contribution in [1.82, 2.24) is 0 Å². The van der Waals surface area contributed by atoms with Gasteiger partial charge in [-0.3, -0.25) is 4.21 Å². The SMILES string of the molecule is CCCCCCCCCCCCCCCc1ccccc1OCS(=O)[O-]. The molecule has 1 rings (SSSR count). The van der Waals surface area contributed by atoms with E-state index in [2.05, 4.69) is 6.92 Å². The number of unbranched alkanes of at least 4 members (excludes halogenated alkanes) is 12. The predicted octanol–water partition coefficient (Wildman–Crippen LogP) is 6.54. The second kappa shape index (κ2) is 16.3. The molecule has 0 radical (unpaired) electrons. The normalized spacial score (nSPS) is 12.2. The number of rotatable bonds is 17. The molecule has 0 aliphatic rings. The van der Waals surface area contributed by atoms with Crippen molar-refractivity contribution in [1.29, 1.82) is 0 Å². The van der Waals surface area contributed by atoms with Crippen molar-refractivity contribution in [3.8, 4) is 5.75 Å². The van der Waals surface area contributed by atoms with Crippen molar-refractivity contribution in [2.24, 2.45) is 0 Å². The van der Waals surface area contributed by atoms with Crippen LogP contribution in [0.4, 0.5) is 0 Å². The lowest BCUT2D eigenvalue weighted by atomic mass is 10.0. The van der Waals surface area contributed by atoms with E-state index in [1.165, 1.54) is 77.0 Å². The van der Waals surface area contributed by atoms with Crippen molar-refractivity contribution < 1.29 is 13.5 Å². The number of aryl methyl sites for hydroxylation is 1. The quantitative estimate of drug-likeness (QED) is 0.227. The minimum Gasteiger partial charge on any atom is -0.770 e. The molecule has 0 bridgehead atoms. The summed E-state index contributed by atoms with van der Waals surface area (Å²) in [5, 5.41) is 0. The average molecular weight is 382 g/mol. The standard InChI is InChI=1S/C22H38O3S/c1-2-3-4-5-6-7-8-9-10-11-12-13-14-17-21-18-15-16-19-22(21)25-20-26(23)24/h15-16,18-19H,2-14,17,20H2,1H3,(H,23,24)/p-1. The Labute approximate surface area is 163 Å². The smallest absolute Gasteiger partial charge is 0.150 e. The number of hydrogen-bond acceptors (Lipinski definition) is 3. The molecule has 0 saturated carbocycles. The highest BCUT2D eigenvalue weighted by atomic mass is 32.2. The van der Waals surface area contributed by atoms with Gasteiger partial charge >= 0.3 is 0 Å². The average Bonchev–Trinajstić information content (AvgIpc) is 2.64. The van der Waals surface area contributed by atoms with Gasteiger partial charge < -0.3 is 9.29 Å². The van der Waals surface area contributed by atoms with Crippen LogP contribution in [0, 0.1) is 0 Å². The minimum absolute atomic E-state index is 0.268. The van der Waals surface area contributed by atoms with Crippen LogP contribution in [0.5, 0.6) is 5.75 Å². The minimum atomic E-state index is -2.16. The van der Waals surface area contributed by atoms with E-state index in [4.69, 9.17) is 4.74 Å². The van der Waals surface area contributed by atoms with Gasteiger partial charge in [0.15, 0.2) is 0 Å². The largest absolute Gasteiger partial charge is 0.770 e. The van der Waals surface area contributed by atoms with Gasteiger partial charge in [0.1, 0.15) is 11.7 Å². The van der Waals surface area contributed by atoms with E-state index in [1.54, 1.807) is 0 Å². The molecule has 0 amide bonds. The van der Waals surface area contributed by atoms with Gasteiger partial charge in [0.25, 0.3) is 0 Å². The molecule has 0 N–H and O–H groups in total. The highest BCUT2D eigenvalue weighted by Gasteiger charge is 2.03. The summed E-state index contributed by atoms with van der Waals surface area (Å²) in [5.74, 6) is 0.436. The van der Waals surface area contributed by atoms with Crippen molar-refractivity contribution in [2.75, 3.05) is 5.94 Å². The zero-order chi connectivity index (χ0) is 18.9. The van der Waals surface area contributed by atoms with E-state index in [1.807, 2.05) is 24.3 Å². The van der Waals surface area contributed by atoms with E-state index >= 15 is 0 Å². The summed E-state index contributed by atoms with van der Waals surface area (Å²) in [4.78, 5) is 0. The molecule has 1 unspecified atom stereocenters. The van der Waals surface area contributed by atoms with Crippen LogP contribution < -0.4 is 4.74 Å². The Kier molecular flexibility index (Phi) is 14.5. The zero-order valence-corrected chi connectivity index (χ0v) is 17.4. The Hall–Kier alpha value is -0.870. The number of benzene rings is 1. The van der Waals surface area contributed by atoms with Crippen LogP contribution in [0.25, 0.3) is 0 Å². The van der Waals surface area contributed by atoms with Crippen LogP contribution in [0.2, 0.25) is 0 Å². The fourth-order valence-corrected chi connectivity index (χ4v) is 3.52. The lowest BCUT2D eigenvalue weighted by Crippen LogP contribution is -2.05. The Balaban J connectivity index is 1.98. The molecule has 0 aliphatic carbocycles. The molecule has 1 aromatic carbocycles. The van der Waals surface area contributed by atoms with Gasteiger partial charge in [0.05, 0.1) is 0 Å². The van der Waals surface area contributed by atoms with Gasteiger partial charge in [0, 0.05) is 0 Å². The second-order valence-electron chi connectivity index (χ2n) is 7.17. The first-order chi connectivity index (χ1) is 12.7. The van der Waals surface area contributed by atoms with E-state index < -0.39 is 11.1 Å². The highest BCUT2D eigenvalue weighted by molar-refractivity contribution is 7.78. The molecule has 150 valence electrons. The lowest BCUT2D eigenvalue weighted by Gasteiger charge is -2.12. The highest BCUT2D eigenvalue weighted by Crippen LogP contribution is 2.21. The number of hydrogen-bond donors (Lipinski definition) is 0. The van der Waals surface area contributed by atoms with Crippen molar-refractivity contribution in [3.05, 3.63) is 29.8 Å². The monoisotopic (exact) mass is 381 g/mol. The number of ether oxygens (including phenoxy) is 1. The maximum absolute atomic E-state index is 10.6. The fourth-order valence-electron chi connectivity index (χ4n) is 3.30. The third kappa shape index (κ3) is 12.5. The van der Waals surface area contributed by atoms with E-state index in [9.17, 15) is 8.76 Å². The van der Waals surface area contributed by atoms with Crippen molar-refractivity contribution in [2.45, 2.75) is 96.8 Å². The summed E-state index contributed by atoms with van der Waals surface area (Å²) in [5.41, 5.74) is 1.11. The Morgan fingerprint density at radius 3 is 1.85 bits per heavy atom. The lowest BCUT2D eigenvalue weighted by molar-refractivity contribution is 0.364. The van der Waals surface area contributed by atoms with E-state index in [-0.39, 0.29) is 5.94 Å². The van der Waals surface area contributed by atoms with Crippen LogP contribution in [0.3, 0.4) is 0 Å². The zero-order valence-electron chi connectivity index (χ0n) is 16.5. The molecule has 4 heteroatoms. The summed E-state index contributed by atoms with van der Waals surface area (Å²) in [6.07, 6.45) is 18.5. The maximum Gasteiger partial charge on any atom is 0.150 e. The molecule has 3 nitrogen and oxygen atoms in total. The Bertz CT molecular complexity index is 476. The van der Waals surface area contributed by atoms with Crippen molar-refractivity contribution >= 4 is 11.1 Å². The van der Waals surface area contributed by atoms with Gasteiger partial charge in [-0.1, -0.05) is 102 Å². The van der Waals surface area contributed by atoms with Gasteiger partial charge in [-0.2, -0.15) is 0 Å². The first-order valence-corrected chi connectivity index (χ1v) is 11.7. The van der Waals surface area contributed by atoms with Gasteiger partial charge in [-0.05, 0) is 35.6 Å². The molecule has 1 atom stereocenters. The van der Waals surface area contributed by atoms with E-state index in [0.717, 1.165) is 18.4 Å². The van der Waals surface area contributed by atoms with Crippen molar-refractivity contribution in [3.63, 3.8) is 0 Å². The summed E-state index contributed by atoms with van der Waals surface area (Å²) in [6.45, 7) is 2.27. The molecular formula is C22H37O3S-. The molecule has 0 aromatic heterocycles. The van der Waals surface area contributed by atoms with Gasteiger partial charge in [0.2, 0.25) is 0 Å². The Morgan fingerprint density at radius 2 is 1.31 bits per heavy atom. The summed E-state index contributed by atoms with van der Waals surface area (Å²) in [7, 11) is 0. The van der Waals surface area contributed by atoms with E-state index in [0.29, 0.717) is 5.75 Å². The molecule has 0 aliphatic heterocycles. The molecule has 26 heavy (non-hydrogen) atoms. The first-order valence-electron chi connectivity index (χ1n) is 10.5. The maximum atomic E-state index is 10.6. The Morgan fingerprint density at radius 1 is 0.808 bits per heavy atom. The molecule has 0 heterocycles. The fraction of sp³-hybridized carbons (Fsp3) is 0.727. The summed E-state index contributed by atoms with van der Waals surface area (Å²) >= 11 is -2.16. The molecule has 1 aromatic rings. The summed E-state index contributed by atoms with van der Waals surface area (Å²) in [6, 6.07) is 7.75. The third-order valence-electron chi connectivity index (χ3n) is 4.83. The van der Waals surface area contributed by atoms with Crippen LogP contribution in [-0.2, 0) is 17.5 Å². The molecular weight excluding hydrogens is 344 g/mol. The predicted molar refractivity (Wildman–Crippen MR) is 110 cm³/mol. The van der Waals surface area contributed by atoms with Crippen LogP contribution >= 0.6 is 0 Å². The molecule has 0 spiro atoms. The third-order valence-corrected chi connectivity index (χ3v) is 5.14. The topological polar surface area (TPSA) is 49.4 Å². The number of para-hydroxylation sites is 1. The second-order valence-corrected chi connectivity index (χ2v) is 8.01. The van der Waals surface area contributed by atoms with Crippen LogP contribution in [0.15, 0.2) is 24.3 Å².